The van der Waals surface area contributed by atoms with E-state index in [1.54, 1.807) is 0 Å². The van der Waals surface area contributed by atoms with E-state index in [4.69, 9.17) is 0 Å². The van der Waals surface area contributed by atoms with Gasteiger partial charge in [0.2, 0.25) is 0 Å². The molecule has 72 valence electrons. The summed E-state index contributed by atoms with van der Waals surface area (Å²) in [5.41, 5.74) is 0.736. The zero-order valence-electron chi connectivity index (χ0n) is 7.94. The molecule has 0 bridgehead atoms. The van der Waals surface area contributed by atoms with Crippen molar-refractivity contribution in [3.05, 3.63) is 48.0 Å². The van der Waals surface area contributed by atoms with Gasteiger partial charge in [-0.15, -0.1) is 0 Å². The molecule has 0 radical (unpaired) electrons. The molecule has 2 heteroatoms. The molecule has 1 aromatic carbocycles. The van der Waals surface area contributed by atoms with Gasteiger partial charge in [-0.05, 0) is 25.0 Å². The number of hydrogen-bond acceptors (Lipinski definition) is 1. The highest BCUT2D eigenvalue weighted by atomic mass is 16.1. The van der Waals surface area contributed by atoms with Crippen molar-refractivity contribution in [3.8, 4) is 0 Å². The number of hydrogen-bond donors (Lipinski definition) is 1. The Balaban J connectivity index is 1.96. The molecular weight excluding hydrogens is 174 g/mol. The van der Waals surface area contributed by atoms with Gasteiger partial charge >= 0.3 is 0 Å². The standard InChI is InChI=1S/C12H13NO/c14-12(10-6-2-1-3-7-10)13-11-8-4-5-9-11/h1-7,11H,8-9H2,(H,13,14). The van der Waals surface area contributed by atoms with E-state index in [-0.39, 0.29) is 5.91 Å². The van der Waals surface area contributed by atoms with Gasteiger partial charge in [0.05, 0.1) is 0 Å². The highest BCUT2D eigenvalue weighted by Gasteiger charge is 2.13. The molecule has 2 rings (SSSR count). The van der Waals surface area contributed by atoms with Crippen LogP contribution < -0.4 is 5.32 Å². The average Bonchev–Trinajstić information content (AvgIpc) is 2.72. The van der Waals surface area contributed by atoms with Crippen molar-refractivity contribution in [2.75, 3.05) is 0 Å². The second-order valence-electron chi connectivity index (χ2n) is 3.48. The molecule has 0 heterocycles. The minimum Gasteiger partial charge on any atom is -0.349 e. The Labute approximate surface area is 83.6 Å². The molecule has 1 aliphatic carbocycles. The van der Waals surface area contributed by atoms with Gasteiger partial charge in [0.25, 0.3) is 5.91 Å². The summed E-state index contributed by atoms with van der Waals surface area (Å²) in [6.45, 7) is 0. The lowest BCUT2D eigenvalue weighted by Crippen LogP contribution is -2.32. The fourth-order valence-electron chi connectivity index (χ4n) is 1.59. The Hall–Kier alpha value is -1.57. The predicted molar refractivity (Wildman–Crippen MR) is 56.1 cm³/mol. The minimum atomic E-state index is 0.0271. The highest BCUT2D eigenvalue weighted by Crippen LogP contribution is 2.10. The minimum absolute atomic E-state index is 0.0271. The van der Waals surface area contributed by atoms with E-state index in [2.05, 4.69) is 17.5 Å². The van der Waals surface area contributed by atoms with E-state index < -0.39 is 0 Å². The maximum absolute atomic E-state index is 11.7. The number of carbonyl (C=O) groups excluding carboxylic acids is 1. The van der Waals surface area contributed by atoms with Crippen LogP contribution in [0.5, 0.6) is 0 Å². The largest absolute Gasteiger partial charge is 0.349 e. The van der Waals surface area contributed by atoms with Gasteiger partial charge in [0.1, 0.15) is 0 Å². The first-order chi connectivity index (χ1) is 6.86. The van der Waals surface area contributed by atoms with Crippen LogP contribution >= 0.6 is 0 Å². The topological polar surface area (TPSA) is 29.1 Å². The molecule has 1 aromatic rings. The van der Waals surface area contributed by atoms with Crippen LogP contribution in [0.1, 0.15) is 23.2 Å². The molecule has 0 saturated heterocycles. The van der Waals surface area contributed by atoms with Crippen LogP contribution in [-0.4, -0.2) is 11.9 Å². The van der Waals surface area contributed by atoms with E-state index in [9.17, 15) is 4.79 Å². The van der Waals surface area contributed by atoms with Crippen molar-refractivity contribution in [1.82, 2.24) is 5.32 Å². The van der Waals surface area contributed by atoms with Crippen LogP contribution in [0.3, 0.4) is 0 Å². The maximum Gasteiger partial charge on any atom is 0.251 e. The fourth-order valence-corrected chi connectivity index (χ4v) is 1.59. The zero-order chi connectivity index (χ0) is 9.80. The first-order valence-corrected chi connectivity index (χ1v) is 4.87. The van der Waals surface area contributed by atoms with Gasteiger partial charge in [-0.3, -0.25) is 4.79 Å². The Morgan fingerprint density at radius 2 is 1.79 bits per heavy atom. The van der Waals surface area contributed by atoms with Gasteiger partial charge in [-0.2, -0.15) is 0 Å². The Morgan fingerprint density at radius 1 is 1.14 bits per heavy atom. The lowest BCUT2D eigenvalue weighted by atomic mass is 10.2. The average molecular weight is 187 g/mol. The Kier molecular flexibility index (Phi) is 2.63. The van der Waals surface area contributed by atoms with Crippen molar-refractivity contribution in [2.45, 2.75) is 18.9 Å². The summed E-state index contributed by atoms with van der Waals surface area (Å²) in [6, 6.07) is 9.62. The van der Waals surface area contributed by atoms with E-state index >= 15 is 0 Å². The summed E-state index contributed by atoms with van der Waals surface area (Å²) >= 11 is 0. The lowest BCUT2D eigenvalue weighted by Gasteiger charge is -2.11. The SMILES string of the molecule is O=C(NC1CC=CC1)c1ccccc1. The molecule has 0 aliphatic heterocycles. The van der Waals surface area contributed by atoms with Crippen molar-refractivity contribution in [1.29, 1.82) is 0 Å². The normalized spacial score (nSPS) is 15.7. The van der Waals surface area contributed by atoms with E-state index in [1.165, 1.54) is 0 Å². The quantitative estimate of drug-likeness (QED) is 0.706. The third-order valence-electron chi connectivity index (χ3n) is 2.38. The number of rotatable bonds is 2. The molecule has 2 nitrogen and oxygen atoms in total. The van der Waals surface area contributed by atoms with E-state index in [0.717, 1.165) is 18.4 Å². The van der Waals surface area contributed by atoms with Crippen molar-refractivity contribution in [3.63, 3.8) is 0 Å². The molecule has 14 heavy (non-hydrogen) atoms. The molecule has 1 aliphatic rings. The van der Waals surface area contributed by atoms with Gasteiger partial charge in [0.15, 0.2) is 0 Å². The third-order valence-corrected chi connectivity index (χ3v) is 2.38. The summed E-state index contributed by atoms with van der Waals surface area (Å²) in [7, 11) is 0. The predicted octanol–water partition coefficient (Wildman–Crippen LogP) is 2.13. The van der Waals surface area contributed by atoms with Gasteiger partial charge in [-0.1, -0.05) is 30.4 Å². The molecule has 0 atom stereocenters. The molecule has 1 N–H and O–H groups in total. The summed E-state index contributed by atoms with van der Waals surface area (Å²) < 4.78 is 0. The van der Waals surface area contributed by atoms with Crippen LogP contribution in [0, 0.1) is 0 Å². The second-order valence-corrected chi connectivity index (χ2v) is 3.48. The smallest absolute Gasteiger partial charge is 0.251 e. The van der Waals surface area contributed by atoms with E-state index in [1.807, 2.05) is 30.3 Å². The first-order valence-electron chi connectivity index (χ1n) is 4.87. The number of amides is 1. The van der Waals surface area contributed by atoms with Crippen LogP contribution in [-0.2, 0) is 0 Å². The van der Waals surface area contributed by atoms with Gasteiger partial charge < -0.3 is 5.32 Å². The van der Waals surface area contributed by atoms with Crippen LogP contribution in [0.25, 0.3) is 0 Å². The molecule has 0 fully saturated rings. The summed E-state index contributed by atoms with van der Waals surface area (Å²) in [5, 5.41) is 2.99. The first kappa shape index (κ1) is 9.00. The summed E-state index contributed by atoms with van der Waals surface area (Å²) in [6.07, 6.45) is 6.13. The highest BCUT2D eigenvalue weighted by molar-refractivity contribution is 5.94. The number of carbonyl (C=O) groups is 1. The Bertz CT molecular complexity index is 335. The van der Waals surface area contributed by atoms with Gasteiger partial charge in [0, 0.05) is 11.6 Å². The fraction of sp³-hybridized carbons (Fsp3) is 0.250. The molecule has 0 spiro atoms. The number of nitrogens with one attached hydrogen (secondary N) is 1. The molecule has 0 aromatic heterocycles. The second kappa shape index (κ2) is 4.09. The number of benzene rings is 1. The molecular formula is C12H13NO. The maximum atomic E-state index is 11.7. The zero-order valence-corrected chi connectivity index (χ0v) is 7.94. The van der Waals surface area contributed by atoms with Crippen molar-refractivity contribution in [2.24, 2.45) is 0 Å². The Morgan fingerprint density at radius 3 is 2.43 bits per heavy atom. The van der Waals surface area contributed by atoms with Crippen LogP contribution in [0.4, 0.5) is 0 Å². The third kappa shape index (κ3) is 2.02. The van der Waals surface area contributed by atoms with E-state index in [0.29, 0.717) is 6.04 Å². The van der Waals surface area contributed by atoms with Gasteiger partial charge in [-0.25, -0.2) is 0 Å². The van der Waals surface area contributed by atoms with Crippen molar-refractivity contribution >= 4 is 5.91 Å². The molecule has 0 saturated carbocycles. The summed E-state index contributed by atoms with van der Waals surface area (Å²) in [4.78, 5) is 11.7. The van der Waals surface area contributed by atoms with Crippen LogP contribution in [0.15, 0.2) is 42.5 Å². The molecule has 1 amide bonds. The van der Waals surface area contributed by atoms with Crippen LogP contribution in [0.2, 0.25) is 0 Å². The lowest BCUT2D eigenvalue weighted by molar-refractivity contribution is 0.0939. The van der Waals surface area contributed by atoms with Crippen molar-refractivity contribution < 1.29 is 4.79 Å². The monoisotopic (exact) mass is 187 g/mol. The summed E-state index contributed by atoms with van der Waals surface area (Å²) in [5.74, 6) is 0.0271. The molecule has 0 unspecified atom stereocenters.